The first kappa shape index (κ1) is 20.7. The van der Waals surface area contributed by atoms with Crippen LogP contribution in [0.1, 0.15) is 26.5 Å². The first-order valence-corrected chi connectivity index (χ1v) is 10.5. The van der Waals surface area contributed by atoms with Crippen molar-refractivity contribution in [2.24, 2.45) is 4.99 Å². The van der Waals surface area contributed by atoms with Gasteiger partial charge in [-0.05, 0) is 20.8 Å². The number of hydrogen-bond donors (Lipinski definition) is 1. The van der Waals surface area contributed by atoms with Gasteiger partial charge in [0.05, 0.1) is 25.0 Å². The van der Waals surface area contributed by atoms with E-state index in [0.717, 1.165) is 18.2 Å². The topological polar surface area (TPSA) is 100 Å². The molecule has 0 aliphatic carbocycles. The highest BCUT2D eigenvalue weighted by Crippen LogP contribution is 2.09. The second kappa shape index (κ2) is 9.89. The van der Waals surface area contributed by atoms with Crippen molar-refractivity contribution in [3.8, 4) is 0 Å². The average molecular weight is 388 g/mol. The smallest absolute Gasteiger partial charge is 0.216 e. The minimum Gasteiger partial charge on any atom is -0.378 e. The third kappa shape index (κ3) is 6.26. The quantitative estimate of drug-likeness (QED) is 0.512. The Morgan fingerprint density at radius 3 is 2.69 bits per heavy atom. The summed E-state index contributed by atoms with van der Waals surface area (Å²) in [5.74, 6) is 0.779. The molecule has 0 amide bonds. The number of guanidine groups is 1. The lowest BCUT2D eigenvalue weighted by molar-refractivity contribution is 0.0904. The van der Waals surface area contributed by atoms with E-state index in [1.807, 2.05) is 20.8 Å². The van der Waals surface area contributed by atoms with Gasteiger partial charge in [-0.15, -0.1) is 0 Å². The number of nitrogens with zero attached hydrogens (tertiary/aromatic N) is 4. The van der Waals surface area contributed by atoms with Crippen LogP contribution >= 0.6 is 0 Å². The minimum absolute atomic E-state index is 0.0193. The van der Waals surface area contributed by atoms with Gasteiger partial charge in [0.25, 0.3) is 0 Å². The maximum absolute atomic E-state index is 12.4. The van der Waals surface area contributed by atoms with E-state index in [9.17, 15) is 8.42 Å². The van der Waals surface area contributed by atoms with Gasteiger partial charge in [0.15, 0.2) is 5.96 Å². The highest BCUT2D eigenvalue weighted by molar-refractivity contribution is 7.89. The average Bonchev–Trinajstić information content (AvgIpc) is 3.12. The Bertz CT molecular complexity index is 652. The van der Waals surface area contributed by atoms with E-state index in [1.165, 1.54) is 10.6 Å². The largest absolute Gasteiger partial charge is 0.378 e. The van der Waals surface area contributed by atoms with Crippen LogP contribution in [0.3, 0.4) is 0 Å². The van der Waals surface area contributed by atoms with E-state index in [1.54, 1.807) is 6.07 Å². The van der Waals surface area contributed by atoms with Gasteiger partial charge in [-0.3, -0.25) is 0 Å². The number of piperazine rings is 1. The molecular weight excluding hydrogens is 358 g/mol. The lowest BCUT2D eigenvalue weighted by atomic mass is 10.4. The number of nitrogens with one attached hydrogen (secondary N) is 1. The number of ether oxygens (including phenoxy) is 1. The first-order valence-electron chi connectivity index (χ1n) is 8.94. The Balaban J connectivity index is 1.89. The van der Waals surface area contributed by atoms with Gasteiger partial charge in [-0.1, -0.05) is 5.16 Å². The fraction of sp³-hybridized carbons (Fsp3) is 0.750. The number of sulfonamides is 1. The Morgan fingerprint density at radius 1 is 1.38 bits per heavy atom. The molecule has 0 radical (unpaired) electrons. The van der Waals surface area contributed by atoms with Crippen LogP contribution in [0.2, 0.25) is 0 Å². The van der Waals surface area contributed by atoms with Crippen molar-refractivity contribution in [3.63, 3.8) is 0 Å². The fourth-order valence-corrected chi connectivity index (χ4v) is 3.88. The van der Waals surface area contributed by atoms with Crippen LogP contribution in [0.25, 0.3) is 0 Å². The minimum atomic E-state index is -3.29. The van der Waals surface area contributed by atoms with Crippen LogP contribution in [0.15, 0.2) is 21.8 Å². The second-order valence-corrected chi connectivity index (χ2v) is 8.37. The molecule has 1 aromatic heterocycles. The van der Waals surface area contributed by atoms with Crippen molar-refractivity contribution in [2.75, 3.05) is 45.1 Å². The molecule has 148 valence electrons. The van der Waals surface area contributed by atoms with Gasteiger partial charge >= 0.3 is 0 Å². The Kier molecular flexibility index (Phi) is 7.85. The van der Waals surface area contributed by atoms with Crippen LogP contribution < -0.4 is 5.32 Å². The van der Waals surface area contributed by atoms with Crippen molar-refractivity contribution < 1.29 is 17.7 Å². The van der Waals surface area contributed by atoms with E-state index >= 15 is 0 Å². The summed E-state index contributed by atoms with van der Waals surface area (Å²) in [6.45, 7) is 9.24. The molecule has 0 unspecified atom stereocenters. The monoisotopic (exact) mass is 387 g/mol. The molecule has 9 nitrogen and oxygen atoms in total. The molecule has 1 aliphatic rings. The van der Waals surface area contributed by atoms with Crippen LogP contribution in [0, 0.1) is 0 Å². The predicted molar refractivity (Wildman–Crippen MR) is 99.3 cm³/mol. The molecule has 0 atom stereocenters. The molecule has 1 aliphatic heterocycles. The van der Waals surface area contributed by atoms with Crippen molar-refractivity contribution in [2.45, 2.75) is 33.4 Å². The van der Waals surface area contributed by atoms with Gasteiger partial charge in [0, 0.05) is 38.8 Å². The van der Waals surface area contributed by atoms with E-state index < -0.39 is 10.0 Å². The molecule has 0 saturated carbocycles. The number of rotatable bonds is 8. The molecule has 2 rings (SSSR count). The Morgan fingerprint density at radius 2 is 2.12 bits per heavy atom. The molecule has 1 fully saturated rings. The zero-order valence-electron chi connectivity index (χ0n) is 15.7. The van der Waals surface area contributed by atoms with Crippen LogP contribution in [0.5, 0.6) is 0 Å². The number of aromatic nitrogens is 1. The lowest BCUT2D eigenvalue weighted by Crippen LogP contribution is -2.54. The van der Waals surface area contributed by atoms with E-state index in [2.05, 4.69) is 20.4 Å². The van der Waals surface area contributed by atoms with Crippen molar-refractivity contribution in [1.29, 1.82) is 0 Å². The predicted octanol–water partition coefficient (Wildman–Crippen LogP) is 0.513. The third-order valence-electron chi connectivity index (χ3n) is 3.94. The molecule has 0 aromatic carbocycles. The SMILES string of the molecule is CCNC(=NCc1ccon1)N1CCN(S(=O)(=O)CCOC(C)C)CC1. The van der Waals surface area contributed by atoms with Crippen molar-refractivity contribution >= 4 is 16.0 Å². The summed E-state index contributed by atoms with van der Waals surface area (Å²) < 4.78 is 36.5. The van der Waals surface area contributed by atoms with Gasteiger partial charge in [0.2, 0.25) is 10.0 Å². The summed E-state index contributed by atoms with van der Waals surface area (Å²) in [5, 5.41) is 7.10. The molecule has 26 heavy (non-hydrogen) atoms. The van der Waals surface area contributed by atoms with E-state index in [4.69, 9.17) is 9.26 Å². The zero-order chi connectivity index (χ0) is 19.0. The van der Waals surface area contributed by atoms with Crippen LogP contribution in [-0.4, -0.2) is 79.9 Å². The highest BCUT2D eigenvalue weighted by atomic mass is 32.2. The van der Waals surface area contributed by atoms with Gasteiger partial charge in [-0.25, -0.2) is 13.4 Å². The maximum atomic E-state index is 12.4. The van der Waals surface area contributed by atoms with Crippen molar-refractivity contribution in [3.05, 3.63) is 18.0 Å². The van der Waals surface area contributed by atoms with Crippen molar-refractivity contribution in [1.82, 2.24) is 19.7 Å². The van der Waals surface area contributed by atoms with Gasteiger partial charge in [-0.2, -0.15) is 4.31 Å². The Labute approximate surface area is 155 Å². The molecule has 2 heterocycles. The number of aliphatic imine (C=N–C) groups is 1. The fourth-order valence-electron chi connectivity index (χ4n) is 2.60. The highest BCUT2D eigenvalue weighted by Gasteiger charge is 2.28. The molecule has 1 saturated heterocycles. The van der Waals surface area contributed by atoms with Crippen LogP contribution in [0.4, 0.5) is 0 Å². The second-order valence-electron chi connectivity index (χ2n) is 6.28. The zero-order valence-corrected chi connectivity index (χ0v) is 16.5. The third-order valence-corrected chi connectivity index (χ3v) is 5.78. The summed E-state index contributed by atoms with van der Waals surface area (Å²) in [6, 6.07) is 1.77. The normalized spacial score (nSPS) is 17.1. The number of hydrogen-bond acceptors (Lipinski definition) is 6. The summed E-state index contributed by atoms with van der Waals surface area (Å²) in [7, 11) is -3.29. The molecule has 0 spiro atoms. The summed E-state index contributed by atoms with van der Waals surface area (Å²) in [6.07, 6.45) is 1.55. The lowest BCUT2D eigenvalue weighted by Gasteiger charge is -2.35. The molecule has 1 aromatic rings. The summed E-state index contributed by atoms with van der Waals surface area (Å²) in [5.41, 5.74) is 0.756. The standard InChI is InChI=1S/C16H29N5O4S/c1-4-17-16(18-13-15-5-10-25-19-15)20-6-8-21(9-7-20)26(22,23)12-11-24-14(2)3/h5,10,14H,4,6-9,11-13H2,1-3H3,(H,17,18). The molecule has 1 N–H and O–H groups in total. The van der Waals surface area contributed by atoms with Gasteiger partial charge < -0.3 is 19.5 Å². The molecule has 10 heteroatoms. The maximum Gasteiger partial charge on any atom is 0.216 e. The summed E-state index contributed by atoms with van der Waals surface area (Å²) >= 11 is 0. The first-order chi connectivity index (χ1) is 12.4. The van der Waals surface area contributed by atoms with Gasteiger partial charge in [0.1, 0.15) is 12.0 Å². The van der Waals surface area contributed by atoms with E-state index in [-0.39, 0.29) is 18.5 Å². The van der Waals surface area contributed by atoms with E-state index in [0.29, 0.717) is 32.7 Å². The molecular formula is C16H29N5O4S. The molecule has 0 bridgehead atoms. The van der Waals surface area contributed by atoms with Crippen LogP contribution in [-0.2, 0) is 21.3 Å². The summed E-state index contributed by atoms with van der Waals surface area (Å²) in [4.78, 5) is 6.63. The Hall–Kier alpha value is -1.65.